The van der Waals surface area contributed by atoms with Crippen molar-refractivity contribution in [1.29, 1.82) is 0 Å². The van der Waals surface area contributed by atoms with Gasteiger partial charge in [0.2, 0.25) is 0 Å². The second kappa shape index (κ2) is 8.30. The molecule has 0 fully saturated rings. The summed E-state index contributed by atoms with van der Waals surface area (Å²) in [6, 6.07) is 13.6. The molecule has 8 heteroatoms. The summed E-state index contributed by atoms with van der Waals surface area (Å²) in [6.07, 6.45) is 1.56. The van der Waals surface area contributed by atoms with Crippen LogP contribution in [0.25, 0.3) is 10.2 Å². The number of thiazole rings is 1. The number of anilines is 1. The van der Waals surface area contributed by atoms with Crippen LogP contribution in [0.5, 0.6) is 0 Å². The quantitative estimate of drug-likeness (QED) is 0.384. The van der Waals surface area contributed by atoms with E-state index in [2.05, 4.69) is 4.98 Å². The van der Waals surface area contributed by atoms with Gasteiger partial charge in [0.05, 0.1) is 35.7 Å². The van der Waals surface area contributed by atoms with Crippen LogP contribution in [0.3, 0.4) is 0 Å². The SMILES string of the molecule is COC(=O)c1ccc(C(=O)N(Cc2ccco2)c2nc3c(C)c(Cl)ccc3s2)cc1. The summed E-state index contributed by atoms with van der Waals surface area (Å²) in [5.74, 6) is -0.0888. The van der Waals surface area contributed by atoms with Gasteiger partial charge in [-0.15, -0.1) is 0 Å². The summed E-state index contributed by atoms with van der Waals surface area (Å²) in [5, 5.41) is 1.16. The Balaban J connectivity index is 1.74. The Bertz CT molecular complexity index is 1220. The van der Waals surface area contributed by atoms with Crippen LogP contribution >= 0.6 is 22.9 Å². The van der Waals surface area contributed by atoms with Crippen molar-refractivity contribution in [1.82, 2.24) is 4.98 Å². The van der Waals surface area contributed by atoms with Crippen LogP contribution in [0, 0.1) is 6.92 Å². The minimum absolute atomic E-state index is 0.219. The molecule has 152 valence electrons. The number of aryl methyl sites for hydroxylation is 1. The van der Waals surface area contributed by atoms with Crippen LogP contribution in [0.4, 0.5) is 5.13 Å². The zero-order valence-corrected chi connectivity index (χ0v) is 17.8. The largest absolute Gasteiger partial charge is 0.467 e. The Kier molecular flexibility index (Phi) is 5.57. The first-order valence-corrected chi connectivity index (χ1v) is 10.3. The first-order valence-electron chi connectivity index (χ1n) is 9.06. The number of amides is 1. The number of esters is 1. The number of rotatable bonds is 5. The van der Waals surface area contributed by atoms with E-state index in [1.165, 1.54) is 18.4 Å². The molecular formula is C22H17ClN2O4S. The van der Waals surface area contributed by atoms with Crippen LogP contribution in [0.1, 0.15) is 32.0 Å². The van der Waals surface area contributed by atoms with Crippen LogP contribution in [-0.2, 0) is 11.3 Å². The third-order valence-corrected chi connectivity index (χ3v) is 6.11. The van der Waals surface area contributed by atoms with E-state index in [1.54, 1.807) is 47.6 Å². The van der Waals surface area contributed by atoms with Crippen molar-refractivity contribution >= 4 is 50.2 Å². The molecular weight excluding hydrogens is 424 g/mol. The molecule has 0 aliphatic rings. The molecule has 2 aromatic carbocycles. The first-order chi connectivity index (χ1) is 14.5. The van der Waals surface area contributed by atoms with Gasteiger partial charge < -0.3 is 9.15 Å². The van der Waals surface area contributed by atoms with Crippen molar-refractivity contribution in [3.8, 4) is 0 Å². The number of carbonyl (C=O) groups excluding carboxylic acids is 2. The van der Waals surface area contributed by atoms with Gasteiger partial charge in [0.1, 0.15) is 5.76 Å². The van der Waals surface area contributed by atoms with Gasteiger partial charge in [-0.1, -0.05) is 22.9 Å². The van der Waals surface area contributed by atoms with Crippen molar-refractivity contribution < 1.29 is 18.7 Å². The van der Waals surface area contributed by atoms with Crippen molar-refractivity contribution in [2.24, 2.45) is 0 Å². The molecule has 0 aliphatic heterocycles. The van der Waals surface area contributed by atoms with Gasteiger partial charge in [0, 0.05) is 10.6 Å². The number of fused-ring (bicyclic) bond motifs is 1. The lowest BCUT2D eigenvalue weighted by atomic mass is 10.1. The molecule has 2 heterocycles. The van der Waals surface area contributed by atoms with Gasteiger partial charge in [0.15, 0.2) is 5.13 Å². The van der Waals surface area contributed by atoms with Crippen LogP contribution < -0.4 is 4.90 Å². The van der Waals surface area contributed by atoms with Crippen LogP contribution in [0.15, 0.2) is 59.2 Å². The maximum atomic E-state index is 13.4. The highest BCUT2D eigenvalue weighted by Crippen LogP contribution is 2.34. The Morgan fingerprint density at radius 3 is 2.53 bits per heavy atom. The highest BCUT2D eigenvalue weighted by molar-refractivity contribution is 7.22. The number of hydrogen-bond donors (Lipinski definition) is 0. The van der Waals surface area contributed by atoms with E-state index in [0.717, 1.165) is 15.8 Å². The monoisotopic (exact) mass is 440 g/mol. The maximum Gasteiger partial charge on any atom is 0.337 e. The molecule has 4 rings (SSSR count). The molecule has 0 unspecified atom stereocenters. The summed E-state index contributed by atoms with van der Waals surface area (Å²) in [5.41, 5.74) is 2.42. The van der Waals surface area contributed by atoms with Gasteiger partial charge in [0.25, 0.3) is 5.91 Å². The Morgan fingerprint density at radius 1 is 1.13 bits per heavy atom. The third-order valence-electron chi connectivity index (χ3n) is 4.66. The summed E-state index contributed by atoms with van der Waals surface area (Å²) in [7, 11) is 1.31. The molecule has 0 saturated heterocycles. The fourth-order valence-corrected chi connectivity index (χ4v) is 4.19. The number of methoxy groups -OCH3 is 1. The fourth-order valence-electron chi connectivity index (χ4n) is 3.01. The molecule has 0 N–H and O–H groups in total. The molecule has 1 amide bonds. The van der Waals surface area contributed by atoms with E-state index in [4.69, 9.17) is 20.8 Å². The van der Waals surface area contributed by atoms with E-state index in [9.17, 15) is 9.59 Å². The molecule has 6 nitrogen and oxygen atoms in total. The van der Waals surface area contributed by atoms with E-state index < -0.39 is 5.97 Å². The normalized spacial score (nSPS) is 10.9. The molecule has 30 heavy (non-hydrogen) atoms. The number of benzene rings is 2. The lowest BCUT2D eigenvalue weighted by Gasteiger charge is -2.19. The third kappa shape index (κ3) is 3.81. The van der Waals surface area contributed by atoms with Gasteiger partial charge in [-0.2, -0.15) is 0 Å². The Hall–Kier alpha value is -3.16. The molecule has 0 saturated carbocycles. The predicted octanol–water partition coefficient (Wildman–Crippen LogP) is 5.48. The minimum Gasteiger partial charge on any atom is -0.467 e. The Labute approximate surface area is 181 Å². The zero-order valence-electron chi connectivity index (χ0n) is 16.2. The summed E-state index contributed by atoms with van der Waals surface area (Å²) in [4.78, 5) is 31.3. The van der Waals surface area contributed by atoms with Gasteiger partial charge in [-0.05, 0) is 61.0 Å². The first kappa shape index (κ1) is 20.1. The van der Waals surface area contributed by atoms with Gasteiger partial charge in [-0.25, -0.2) is 9.78 Å². The number of carbonyl (C=O) groups is 2. The van der Waals surface area contributed by atoms with Crippen LogP contribution in [-0.4, -0.2) is 24.0 Å². The van der Waals surface area contributed by atoms with Crippen molar-refractivity contribution in [3.63, 3.8) is 0 Å². The number of furan rings is 1. The Morgan fingerprint density at radius 2 is 1.87 bits per heavy atom. The maximum absolute atomic E-state index is 13.4. The lowest BCUT2D eigenvalue weighted by Crippen LogP contribution is -2.30. The zero-order chi connectivity index (χ0) is 21.3. The average molecular weight is 441 g/mol. The summed E-state index contributed by atoms with van der Waals surface area (Å²) >= 11 is 7.64. The van der Waals surface area contributed by atoms with E-state index in [-0.39, 0.29) is 12.5 Å². The fraction of sp³-hybridized carbons (Fsp3) is 0.136. The van der Waals surface area contributed by atoms with Gasteiger partial charge in [-0.3, -0.25) is 9.69 Å². The van der Waals surface area contributed by atoms with E-state index in [1.807, 2.05) is 19.1 Å². The number of halogens is 1. The standard InChI is InChI=1S/C22H17ClN2O4S/c1-13-17(23)9-10-18-19(13)24-22(30-18)25(12-16-4-3-11-29-16)20(26)14-5-7-15(8-6-14)21(27)28-2/h3-11H,12H2,1-2H3. The second-order valence-corrected chi connectivity index (χ2v) is 7.97. The summed E-state index contributed by atoms with van der Waals surface area (Å²) in [6.45, 7) is 2.12. The summed E-state index contributed by atoms with van der Waals surface area (Å²) < 4.78 is 11.1. The molecule has 0 bridgehead atoms. The van der Waals surface area contributed by atoms with E-state index in [0.29, 0.717) is 27.0 Å². The minimum atomic E-state index is -0.458. The average Bonchev–Trinajstić information content (AvgIpc) is 3.44. The van der Waals surface area contributed by atoms with Crippen molar-refractivity contribution in [2.75, 3.05) is 12.0 Å². The van der Waals surface area contributed by atoms with E-state index >= 15 is 0 Å². The number of hydrogen-bond acceptors (Lipinski definition) is 6. The molecule has 0 aliphatic carbocycles. The topological polar surface area (TPSA) is 72.6 Å². The molecule has 4 aromatic rings. The predicted molar refractivity (Wildman–Crippen MR) is 116 cm³/mol. The molecule has 0 atom stereocenters. The van der Waals surface area contributed by atoms with Crippen molar-refractivity contribution in [3.05, 3.63) is 82.3 Å². The number of nitrogens with zero attached hydrogens (tertiary/aromatic N) is 2. The smallest absolute Gasteiger partial charge is 0.337 e. The lowest BCUT2D eigenvalue weighted by molar-refractivity contribution is 0.0600. The molecule has 2 aromatic heterocycles. The number of aromatic nitrogens is 1. The highest BCUT2D eigenvalue weighted by atomic mass is 35.5. The molecule has 0 spiro atoms. The molecule has 0 radical (unpaired) electrons. The highest BCUT2D eigenvalue weighted by Gasteiger charge is 2.23. The van der Waals surface area contributed by atoms with Gasteiger partial charge >= 0.3 is 5.97 Å². The second-order valence-electron chi connectivity index (χ2n) is 6.56. The van der Waals surface area contributed by atoms with Crippen molar-refractivity contribution in [2.45, 2.75) is 13.5 Å². The number of ether oxygens (including phenoxy) is 1. The van der Waals surface area contributed by atoms with Crippen LogP contribution in [0.2, 0.25) is 5.02 Å².